The van der Waals surface area contributed by atoms with Gasteiger partial charge in [0.15, 0.2) is 12.6 Å². The Morgan fingerprint density at radius 1 is 1.32 bits per heavy atom. The summed E-state index contributed by atoms with van der Waals surface area (Å²) in [4.78, 5) is 22.3. The highest BCUT2D eigenvalue weighted by atomic mass is 16.5. The van der Waals surface area contributed by atoms with E-state index in [9.17, 15) is 14.7 Å². The first-order chi connectivity index (χ1) is 8.90. The molecule has 0 aromatic heterocycles. The van der Waals surface area contributed by atoms with Crippen molar-refractivity contribution in [3.8, 4) is 5.75 Å². The van der Waals surface area contributed by atoms with Crippen LogP contribution in [0.3, 0.4) is 0 Å². The van der Waals surface area contributed by atoms with Crippen molar-refractivity contribution in [2.45, 2.75) is 26.0 Å². The predicted molar refractivity (Wildman–Crippen MR) is 67.9 cm³/mol. The van der Waals surface area contributed by atoms with Crippen molar-refractivity contribution in [1.82, 2.24) is 5.32 Å². The fourth-order valence-corrected chi connectivity index (χ4v) is 1.39. The molecule has 0 bridgehead atoms. The molecule has 2 unspecified atom stereocenters. The zero-order valence-electron chi connectivity index (χ0n) is 10.8. The van der Waals surface area contributed by atoms with E-state index >= 15 is 0 Å². The van der Waals surface area contributed by atoms with Crippen LogP contribution in [0, 0.1) is 6.92 Å². The van der Waals surface area contributed by atoms with Crippen molar-refractivity contribution in [3.05, 3.63) is 29.8 Å². The number of hydrogen-bond donors (Lipinski definition) is 3. The molecule has 0 fully saturated rings. The van der Waals surface area contributed by atoms with Gasteiger partial charge >= 0.3 is 5.97 Å². The standard InChI is InChI=1S/C13H17NO5/c1-8-3-5-10(6-4-8)19-7-11(16)14-12(9(2)15)13(17)18/h3-6,9,12,15H,7H2,1-2H3,(H,14,16)(H,17,18). The second kappa shape index (κ2) is 6.75. The summed E-state index contributed by atoms with van der Waals surface area (Å²) in [6.45, 7) is 2.91. The van der Waals surface area contributed by atoms with Crippen molar-refractivity contribution < 1.29 is 24.5 Å². The summed E-state index contributed by atoms with van der Waals surface area (Å²) in [6.07, 6.45) is -1.18. The normalized spacial score (nSPS) is 13.4. The van der Waals surface area contributed by atoms with E-state index in [1.54, 1.807) is 12.1 Å². The Morgan fingerprint density at radius 2 is 1.89 bits per heavy atom. The van der Waals surface area contributed by atoms with Gasteiger partial charge in [-0.15, -0.1) is 0 Å². The first kappa shape index (κ1) is 15.0. The highest BCUT2D eigenvalue weighted by Crippen LogP contribution is 2.10. The minimum absolute atomic E-state index is 0.306. The minimum Gasteiger partial charge on any atom is -0.484 e. The van der Waals surface area contributed by atoms with E-state index in [0.717, 1.165) is 5.56 Å². The summed E-state index contributed by atoms with van der Waals surface area (Å²) < 4.78 is 5.20. The van der Waals surface area contributed by atoms with Gasteiger partial charge < -0.3 is 20.3 Å². The van der Waals surface area contributed by atoms with Crippen LogP contribution in [0.4, 0.5) is 0 Å². The number of aryl methyl sites for hydroxylation is 1. The van der Waals surface area contributed by atoms with Crippen LogP contribution in [0.1, 0.15) is 12.5 Å². The van der Waals surface area contributed by atoms with E-state index in [-0.39, 0.29) is 6.61 Å². The Balaban J connectivity index is 2.47. The van der Waals surface area contributed by atoms with Crippen LogP contribution in [0.15, 0.2) is 24.3 Å². The molecule has 0 saturated carbocycles. The van der Waals surface area contributed by atoms with Gasteiger partial charge in [-0.05, 0) is 26.0 Å². The minimum atomic E-state index is -1.34. The summed E-state index contributed by atoms with van der Waals surface area (Å²) in [5, 5.41) is 20.2. The summed E-state index contributed by atoms with van der Waals surface area (Å²) in [5.74, 6) is -1.38. The third-order valence-corrected chi connectivity index (χ3v) is 2.46. The molecule has 6 heteroatoms. The molecular weight excluding hydrogens is 250 g/mol. The van der Waals surface area contributed by atoms with Crippen molar-refractivity contribution >= 4 is 11.9 Å². The van der Waals surface area contributed by atoms with Crippen LogP contribution in [0.2, 0.25) is 0 Å². The number of hydrogen-bond acceptors (Lipinski definition) is 4. The monoisotopic (exact) mass is 267 g/mol. The maximum Gasteiger partial charge on any atom is 0.328 e. The fraction of sp³-hybridized carbons (Fsp3) is 0.385. The van der Waals surface area contributed by atoms with Gasteiger partial charge in [0.2, 0.25) is 0 Å². The largest absolute Gasteiger partial charge is 0.484 e. The number of benzene rings is 1. The maximum atomic E-state index is 11.5. The van der Waals surface area contributed by atoms with E-state index in [4.69, 9.17) is 9.84 Å². The Labute approximate surface area is 111 Å². The molecule has 0 saturated heterocycles. The van der Waals surface area contributed by atoms with Gasteiger partial charge in [0.25, 0.3) is 5.91 Å². The fourth-order valence-electron chi connectivity index (χ4n) is 1.39. The first-order valence-electron chi connectivity index (χ1n) is 5.80. The number of carbonyl (C=O) groups is 2. The van der Waals surface area contributed by atoms with E-state index in [1.807, 2.05) is 19.1 Å². The van der Waals surface area contributed by atoms with Gasteiger partial charge in [-0.2, -0.15) is 0 Å². The lowest BCUT2D eigenvalue weighted by Gasteiger charge is -2.17. The van der Waals surface area contributed by atoms with Crippen LogP contribution in [0.25, 0.3) is 0 Å². The van der Waals surface area contributed by atoms with E-state index in [1.165, 1.54) is 6.92 Å². The summed E-state index contributed by atoms with van der Waals surface area (Å²) in [5.41, 5.74) is 1.07. The highest BCUT2D eigenvalue weighted by Gasteiger charge is 2.24. The molecule has 0 spiro atoms. The van der Waals surface area contributed by atoms with Crippen LogP contribution in [-0.2, 0) is 9.59 Å². The Morgan fingerprint density at radius 3 is 2.37 bits per heavy atom. The second-order valence-electron chi connectivity index (χ2n) is 4.23. The summed E-state index contributed by atoms with van der Waals surface area (Å²) in [6, 6.07) is 5.76. The lowest BCUT2D eigenvalue weighted by molar-refractivity contribution is -0.145. The highest BCUT2D eigenvalue weighted by molar-refractivity contribution is 5.84. The van der Waals surface area contributed by atoms with Crippen LogP contribution < -0.4 is 10.1 Å². The number of carbonyl (C=O) groups excluding carboxylic acids is 1. The van der Waals surface area contributed by atoms with Gasteiger partial charge in [-0.25, -0.2) is 4.79 Å². The molecule has 3 N–H and O–H groups in total. The molecule has 104 valence electrons. The number of amides is 1. The van der Waals surface area contributed by atoms with E-state index in [0.29, 0.717) is 5.75 Å². The number of nitrogens with one attached hydrogen (secondary N) is 1. The van der Waals surface area contributed by atoms with Gasteiger partial charge in [0.1, 0.15) is 5.75 Å². The first-order valence-corrected chi connectivity index (χ1v) is 5.80. The molecular formula is C13H17NO5. The number of aliphatic hydroxyl groups is 1. The van der Waals surface area contributed by atoms with Crippen LogP contribution in [-0.4, -0.2) is 40.8 Å². The number of carboxylic acid groups (broad SMARTS) is 1. The molecule has 1 rings (SSSR count). The Kier molecular flexibility index (Phi) is 5.32. The van der Waals surface area contributed by atoms with Crippen molar-refractivity contribution in [1.29, 1.82) is 0 Å². The lowest BCUT2D eigenvalue weighted by atomic mass is 10.2. The van der Waals surface area contributed by atoms with Gasteiger partial charge in [0, 0.05) is 0 Å². The summed E-state index contributed by atoms with van der Waals surface area (Å²) in [7, 11) is 0. The molecule has 0 aliphatic rings. The maximum absolute atomic E-state index is 11.5. The molecule has 1 aromatic rings. The number of aliphatic hydroxyl groups excluding tert-OH is 1. The smallest absolute Gasteiger partial charge is 0.328 e. The quantitative estimate of drug-likeness (QED) is 0.690. The van der Waals surface area contributed by atoms with Crippen LogP contribution >= 0.6 is 0 Å². The Hall–Kier alpha value is -2.08. The topological polar surface area (TPSA) is 95.9 Å². The zero-order chi connectivity index (χ0) is 14.4. The predicted octanol–water partition coefficient (Wildman–Crippen LogP) is 0.324. The third-order valence-electron chi connectivity index (χ3n) is 2.46. The van der Waals surface area contributed by atoms with E-state index < -0.39 is 24.0 Å². The molecule has 1 aromatic carbocycles. The van der Waals surface area contributed by atoms with Crippen LogP contribution in [0.5, 0.6) is 5.75 Å². The average molecular weight is 267 g/mol. The molecule has 6 nitrogen and oxygen atoms in total. The van der Waals surface area contributed by atoms with Crippen molar-refractivity contribution in [2.24, 2.45) is 0 Å². The van der Waals surface area contributed by atoms with Gasteiger partial charge in [-0.3, -0.25) is 4.79 Å². The number of rotatable bonds is 6. The SMILES string of the molecule is Cc1ccc(OCC(=O)NC(C(=O)O)C(C)O)cc1. The molecule has 2 atom stereocenters. The number of ether oxygens (including phenoxy) is 1. The molecule has 0 heterocycles. The molecule has 0 radical (unpaired) electrons. The molecule has 1 amide bonds. The van der Waals surface area contributed by atoms with Crippen molar-refractivity contribution in [2.75, 3.05) is 6.61 Å². The number of aliphatic carboxylic acids is 1. The van der Waals surface area contributed by atoms with E-state index in [2.05, 4.69) is 5.32 Å². The summed E-state index contributed by atoms with van der Waals surface area (Å²) >= 11 is 0. The lowest BCUT2D eigenvalue weighted by Crippen LogP contribution is -2.49. The zero-order valence-corrected chi connectivity index (χ0v) is 10.8. The van der Waals surface area contributed by atoms with Gasteiger partial charge in [-0.1, -0.05) is 17.7 Å². The molecule has 0 aliphatic carbocycles. The van der Waals surface area contributed by atoms with Gasteiger partial charge in [0.05, 0.1) is 6.10 Å². The second-order valence-corrected chi connectivity index (χ2v) is 4.23. The number of carboxylic acids is 1. The molecule has 0 aliphatic heterocycles. The molecule has 19 heavy (non-hydrogen) atoms. The average Bonchev–Trinajstić information content (AvgIpc) is 2.34. The van der Waals surface area contributed by atoms with Crippen molar-refractivity contribution in [3.63, 3.8) is 0 Å². The Bertz CT molecular complexity index is 441. The third kappa shape index (κ3) is 4.97.